The Balaban J connectivity index is 4.11. The molecule has 0 aromatic heterocycles. The molecule has 0 aliphatic heterocycles. The molecular weight excluding hydrogens is 234 g/mol. The number of likely N-dealkylation sites (N-methyl/N-ethyl adjacent to an activating group) is 1. The quantitative estimate of drug-likeness (QED) is 0.401. The summed E-state index contributed by atoms with van der Waals surface area (Å²) >= 11 is 8.85. The molecule has 0 heterocycles. The van der Waals surface area contributed by atoms with Crippen LogP contribution in [0.2, 0.25) is 0 Å². The van der Waals surface area contributed by atoms with Crippen LogP contribution in [0.5, 0.6) is 0 Å². The molecule has 1 unspecified atom stereocenters. The number of ether oxygens (including phenoxy) is 2. The first-order chi connectivity index (χ1) is 7.02. The Hall–Kier alpha value is 0.120. The van der Waals surface area contributed by atoms with Crippen molar-refractivity contribution >= 4 is 29.2 Å². The van der Waals surface area contributed by atoms with E-state index in [0.717, 1.165) is 0 Å². The summed E-state index contributed by atoms with van der Waals surface area (Å²) in [7, 11) is 1.76. The number of aliphatic hydroxyl groups is 1. The molecule has 0 aromatic rings. The standard InChI is InChI=1S/C9H19NO3S2/c1-4-12-8(13-5-2)7(11)6-10(3)9(14)15/h7-8,11H,4-6H2,1-3H3,(H,14,15). The first-order valence-corrected chi connectivity index (χ1v) is 5.73. The minimum atomic E-state index is -0.736. The maximum Gasteiger partial charge on any atom is 0.185 e. The lowest BCUT2D eigenvalue weighted by atomic mass is 10.3. The molecular formula is C9H19NO3S2. The van der Waals surface area contributed by atoms with Crippen molar-refractivity contribution in [2.24, 2.45) is 0 Å². The van der Waals surface area contributed by atoms with E-state index in [-0.39, 0.29) is 0 Å². The molecule has 0 saturated carbocycles. The van der Waals surface area contributed by atoms with Gasteiger partial charge in [-0.2, -0.15) is 0 Å². The monoisotopic (exact) mass is 253 g/mol. The second kappa shape index (κ2) is 8.29. The molecule has 15 heavy (non-hydrogen) atoms. The minimum absolute atomic E-state index is 0.340. The largest absolute Gasteiger partial charge is 0.386 e. The fraction of sp³-hybridized carbons (Fsp3) is 0.889. The molecule has 0 spiro atoms. The molecule has 0 rings (SSSR count). The third kappa shape index (κ3) is 6.32. The first-order valence-electron chi connectivity index (χ1n) is 4.88. The van der Waals surface area contributed by atoms with E-state index in [1.54, 1.807) is 11.9 Å². The molecule has 0 bridgehead atoms. The van der Waals surface area contributed by atoms with Gasteiger partial charge in [-0.15, -0.1) is 12.6 Å². The number of nitrogens with zero attached hydrogens (tertiary/aromatic N) is 1. The normalized spacial score (nSPS) is 12.9. The SMILES string of the molecule is CCOC(OCC)C(O)CN(C)C(=S)S. The number of hydrogen-bond donors (Lipinski definition) is 2. The van der Waals surface area contributed by atoms with E-state index in [1.165, 1.54) is 0 Å². The Morgan fingerprint density at radius 3 is 2.20 bits per heavy atom. The summed E-state index contributed by atoms with van der Waals surface area (Å²) in [5, 5.41) is 9.81. The summed E-state index contributed by atoms with van der Waals surface area (Å²) < 4.78 is 10.9. The Labute approximate surface area is 102 Å². The van der Waals surface area contributed by atoms with Gasteiger partial charge in [-0.25, -0.2) is 0 Å². The zero-order valence-electron chi connectivity index (χ0n) is 9.34. The Kier molecular flexibility index (Phi) is 8.36. The van der Waals surface area contributed by atoms with E-state index in [0.29, 0.717) is 24.1 Å². The van der Waals surface area contributed by atoms with Crippen molar-refractivity contribution in [1.82, 2.24) is 4.90 Å². The fourth-order valence-corrected chi connectivity index (χ4v) is 1.20. The summed E-state index contributed by atoms with van der Waals surface area (Å²) in [5.74, 6) is 0. The van der Waals surface area contributed by atoms with Gasteiger partial charge < -0.3 is 19.5 Å². The Bertz CT molecular complexity index is 186. The van der Waals surface area contributed by atoms with Crippen LogP contribution in [0.1, 0.15) is 13.8 Å². The fourth-order valence-electron chi connectivity index (χ4n) is 1.04. The second-order valence-electron chi connectivity index (χ2n) is 3.01. The zero-order valence-corrected chi connectivity index (χ0v) is 11.1. The van der Waals surface area contributed by atoms with Crippen molar-refractivity contribution in [3.05, 3.63) is 0 Å². The number of rotatable bonds is 7. The van der Waals surface area contributed by atoms with E-state index in [1.807, 2.05) is 13.8 Å². The van der Waals surface area contributed by atoms with Crippen molar-refractivity contribution in [3.8, 4) is 0 Å². The molecule has 1 N–H and O–H groups in total. The highest BCUT2D eigenvalue weighted by atomic mass is 32.1. The molecule has 0 saturated heterocycles. The second-order valence-corrected chi connectivity index (χ2v) is 4.12. The Morgan fingerprint density at radius 1 is 1.40 bits per heavy atom. The van der Waals surface area contributed by atoms with Crippen LogP contribution in [0.3, 0.4) is 0 Å². The molecule has 0 aliphatic rings. The summed E-state index contributed by atoms with van der Waals surface area (Å²) in [4.78, 5) is 1.66. The van der Waals surface area contributed by atoms with Crippen LogP contribution in [0.15, 0.2) is 0 Å². The molecule has 0 aromatic carbocycles. The van der Waals surface area contributed by atoms with Crippen molar-refractivity contribution in [3.63, 3.8) is 0 Å². The zero-order chi connectivity index (χ0) is 11.8. The highest BCUT2D eigenvalue weighted by Crippen LogP contribution is 2.05. The van der Waals surface area contributed by atoms with Gasteiger partial charge in [0.1, 0.15) is 10.4 Å². The summed E-state index contributed by atoms with van der Waals surface area (Å²) in [6.07, 6.45) is -1.34. The van der Waals surface area contributed by atoms with Gasteiger partial charge in [0.15, 0.2) is 6.29 Å². The van der Waals surface area contributed by atoms with E-state index < -0.39 is 12.4 Å². The van der Waals surface area contributed by atoms with E-state index in [2.05, 4.69) is 12.6 Å². The maximum absolute atomic E-state index is 9.81. The van der Waals surface area contributed by atoms with Gasteiger partial charge in [0.2, 0.25) is 0 Å². The number of hydrogen-bond acceptors (Lipinski definition) is 4. The first kappa shape index (κ1) is 15.1. The summed E-state index contributed by atoms with van der Waals surface area (Å²) in [6.45, 7) is 5.04. The van der Waals surface area contributed by atoms with Gasteiger partial charge in [-0.3, -0.25) is 0 Å². The van der Waals surface area contributed by atoms with Crippen LogP contribution in [-0.4, -0.2) is 53.5 Å². The number of aliphatic hydroxyl groups excluding tert-OH is 1. The predicted molar refractivity (Wildman–Crippen MR) is 67.3 cm³/mol. The Morgan fingerprint density at radius 2 is 1.87 bits per heavy atom. The third-order valence-corrected chi connectivity index (χ3v) is 2.42. The lowest BCUT2D eigenvalue weighted by molar-refractivity contribution is -0.190. The molecule has 0 radical (unpaired) electrons. The van der Waals surface area contributed by atoms with Crippen LogP contribution in [-0.2, 0) is 9.47 Å². The van der Waals surface area contributed by atoms with Crippen molar-refractivity contribution in [1.29, 1.82) is 0 Å². The molecule has 4 nitrogen and oxygen atoms in total. The molecule has 0 aliphatic carbocycles. The summed E-state index contributed by atoms with van der Waals surface area (Å²) in [5.41, 5.74) is 0. The predicted octanol–water partition coefficient (Wildman–Crippen LogP) is 0.893. The molecule has 90 valence electrons. The van der Waals surface area contributed by atoms with Crippen LogP contribution in [0.4, 0.5) is 0 Å². The molecule has 6 heteroatoms. The van der Waals surface area contributed by atoms with Gasteiger partial charge in [-0.05, 0) is 13.8 Å². The highest BCUT2D eigenvalue weighted by molar-refractivity contribution is 8.10. The smallest absolute Gasteiger partial charge is 0.185 e. The number of thiocarbonyl (C=S) groups is 1. The number of thiol groups is 1. The van der Waals surface area contributed by atoms with Crippen molar-refractivity contribution in [2.75, 3.05) is 26.8 Å². The van der Waals surface area contributed by atoms with Crippen LogP contribution >= 0.6 is 24.8 Å². The van der Waals surface area contributed by atoms with Crippen LogP contribution < -0.4 is 0 Å². The van der Waals surface area contributed by atoms with Crippen molar-refractivity contribution < 1.29 is 14.6 Å². The lowest BCUT2D eigenvalue weighted by Crippen LogP contribution is -2.41. The van der Waals surface area contributed by atoms with Gasteiger partial charge in [-0.1, -0.05) is 12.2 Å². The average Bonchev–Trinajstić information content (AvgIpc) is 2.17. The lowest BCUT2D eigenvalue weighted by Gasteiger charge is -2.26. The average molecular weight is 253 g/mol. The van der Waals surface area contributed by atoms with Gasteiger partial charge in [0.05, 0.1) is 0 Å². The molecule has 0 amide bonds. The van der Waals surface area contributed by atoms with Crippen molar-refractivity contribution in [2.45, 2.75) is 26.2 Å². The maximum atomic E-state index is 9.81. The van der Waals surface area contributed by atoms with Gasteiger partial charge in [0.25, 0.3) is 0 Å². The summed E-state index contributed by atoms with van der Waals surface area (Å²) in [6, 6.07) is 0. The van der Waals surface area contributed by atoms with Crippen LogP contribution in [0, 0.1) is 0 Å². The minimum Gasteiger partial charge on any atom is -0.386 e. The van der Waals surface area contributed by atoms with Gasteiger partial charge >= 0.3 is 0 Å². The van der Waals surface area contributed by atoms with Gasteiger partial charge in [0, 0.05) is 26.8 Å². The molecule has 1 atom stereocenters. The topological polar surface area (TPSA) is 41.9 Å². The molecule has 0 fully saturated rings. The highest BCUT2D eigenvalue weighted by Gasteiger charge is 2.21. The van der Waals surface area contributed by atoms with E-state index in [4.69, 9.17) is 21.7 Å². The van der Waals surface area contributed by atoms with E-state index >= 15 is 0 Å². The van der Waals surface area contributed by atoms with E-state index in [9.17, 15) is 5.11 Å². The third-order valence-electron chi connectivity index (χ3n) is 1.76. The van der Waals surface area contributed by atoms with Crippen LogP contribution in [0.25, 0.3) is 0 Å².